The number of hydrogen-bond donors (Lipinski definition) is 3. The number of benzene rings is 2. The number of ether oxygens (including phenoxy) is 1. The molecule has 12 heteroatoms. The van der Waals surface area contributed by atoms with Crippen molar-refractivity contribution in [2.24, 2.45) is 0 Å². The van der Waals surface area contributed by atoms with Gasteiger partial charge in [0, 0.05) is 43.9 Å². The van der Waals surface area contributed by atoms with E-state index in [1.807, 2.05) is 66.0 Å². The van der Waals surface area contributed by atoms with E-state index in [4.69, 9.17) is 4.74 Å². The highest BCUT2D eigenvalue weighted by Gasteiger charge is 2.29. The van der Waals surface area contributed by atoms with Crippen molar-refractivity contribution < 1.29 is 24.2 Å². The fraction of sp³-hybridized carbons (Fsp3) is 0.500. The number of nitrogens with zero attached hydrogens (tertiary/aromatic N) is 4. The van der Waals surface area contributed by atoms with Crippen LogP contribution in [0.4, 0.5) is 9.59 Å². The predicted molar refractivity (Wildman–Crippen MR) is 188 cm³/mol. The van der Waals surface area contributed by atoms with Crippen LogP contribution in [0.25, 0.3) is 0 Å². The number of carbonyl (C=O) groups excluding carboxylic acids is 2. The highest BCUT2D eigenvalue weighted by Crippen LogP contribution is 2.21. The van der Waals surface area contributed by atoms with Crippen LogP contribution in [0.15, 0.2) is 66.0 Å². The van der Waals surface area contributed by atoms with Gasteiger partial charge in [-0.1, -0.05) is 74.5 Å². The Morgan fingerprint density at radius 2 is 1.62 bits per heavy atom. The molecule has 48 heavy (non-hydrogen) atoms. The number of urea groups is 1. The molecule has 0 spiro atoms. The first-order valence-corrected chi connectivity index (χ1v) is 17.7. The molecule has 1 aromatic heterocycles. The van der Waals surface area contributed by atoms with E-state index >= 15 is 0 Å². The molecule has 1 fully saturated rings. The number of carbonyl (C=O) groups is 3. The molecular formula is C36H50N6O5S. The van der Waals surface area contributed by atoms with Gasteiger partial charge in [-0.05, 0) is 49.8 Å². The van der Waals surface area contributed by atoms with E-state index in [9.17, 15) is 19.5 Å². The molecule has 2 heterocycles. The van der Waals surface area contributed by atoms with Crippen LogP contribution in [-0.4, -0.2) is 94.9 Å². The summed E-state index contributed by atoms with van der Waals surface area (Å²) in [6.45, 7) is 8.30. The molecule has 1 saturated heterocycles. The zero-order chi connectivity index (χ0) is 34.3. The zero-order valence-corrected chi connectivity index (χ0v) is 29.2. The topological polar surface area (TPSA) is 127 Å². The van der Waals surface area contributed by atoms with Gasteiger partial charge >= 0.3 is 12.1 Å². The smallest absolute Gasteiger partial charge is 0.404 e. The van der Waals surface area contributed by atoms with Crippen LogP contribution in [-0.2, 0) is 28.9 Å². The first-order chi connectivity index (χ1) is 23.2. The summed E-state index contributed by atoms with van der Waals surface area (Å²) < 4.78 is 5.47. The maximum absolute atomic E-state index is 14.1. The Kier molecular flexibility index (Phi) is 14.7. The monoisotopic (exact) mass is 678 g/mol. The molecule has 0 bridgehead atoms. The Bertz CT molecular complexity index is 1420. The number of nitrogens with one attached hydrogen (secondary N) is 2. The average molecular weight is 679 g/mol. The third-order valence-corrected chi connectivity index (χ3v) is 9.64. The summed E-state index contributed by atoms with van der Waals surface area (Å²) in [4.78, 5) is 48.0. The van der Waals surface area contributed by atoms with Gasteiger partial charge in [0.25, 0.3) is 0 Å². The highest BCUT2D eigenvalue weighted by molar-refractivity contribution is 7.09. The second-order valence-electron chi connectivity index (χ2n) is 12.7. The zero-order valence-electron chi connectivity index (χ0n) is 28.3. The third kappa shape index (κ3) is 12.2. The van der Waals surface area contributed by atoms with Gasteiger partial charge in [-0.3, -0.25) is 9.69 Å². The number of morpholine rings is 1. The van der Waals surface area contributed by atoms with E-state index in [1.165, 1.54) is 9.91 Å². The van der Waals surface area contributed by atoms with Gasteiger partial charge in [0.2, 0.25) is 5.91 Å². The van der Waals surface area contributed by atoms with Gasteiger partial charge in [0.1, 0.15) is 0 Å². The standard InChI is InChI=1S/C36H50N6O5S/c1-27(2)34-37-31(26-48-34)25-40(3)35(44)39-42(33(43)15-10-18-41-19-21-47-22-20-41)32(24-29-13-8-5-9-14-29)17-16-30(38-36(45)46)23-28-11-6-4-7-12-28/h4-9,11-14,26-27,30,32,38H,10,15-25H2,1-3H3,(H,39,44)(H,45,46). The quantitative estimate of drug-likeness (QED) is 0.170. The largest absolute Gasteiger partial charge is 0.465 e. The van der Waals surface area contributed by atoms with Gasteiger partial charge in [0.05, 0.1) is 36.5 Å². The molecule has 0 saturated carbocycles. The van der Waals surface area contributed by atoms with Gasteiger partial charge in [-0.15, -0.1) is 11.3 Å². The molecule has 1 aliphatic heterocycles. The summed E-state index contributed by atoms with van der Waals surface area (Å²) in [7, 11) is 1.70. The lowest BCUT2D eigenvalue weighted by Crippen LogP contribution is -2.56. The van der Waals surface area contributed by atoms with Crippen molar-refractivity contribution in [3.8, 4) is 0 Å². The number of rotatable bonds is 16. The number of amides is 4. The summed E-state index contributed by atoms with van der Waals surface area (Å²) in [6, 6.07) is 18.4. The number of carboxylic acid groups (broad SMARTS) is 1. The van der Waals surface area contributed by atoms with Crippen molar-refractivity contribution in [2.45, 2.75) is 76.9 Å². The van der Waals surface area contributed by atoms with Crippen molar-refractivity contribution in [2.75, 3.05) is 39.9 Å². The number of aromatic nitrogens is 1. The number of thiazole rings is 1. The van der Waals surface area contributed by atoms with E-state index in [0.717, 1.165) is 41.5 Å². The van der Waals surface area contributed by atoms with Crippen LogP contribution in [0.5, 0.6) is 0 Å². The SMILES string of the molecule is CC(C)c1nc(CN(C)C(=O)NN(C(=O)CCCN2CCOCC2)C(CCC(Cc2ccccc2)NC(=O)O)Cc2ccccc2)cs1. The molecule has 2 atom stereocenters. The summed E-state index contributed by atoms with van der Waals surface area (Å²) in [5.41, 5.74) is 5.80. The van der Waals surface area contributed by atoms with E-state index in [1.54, 1.807) is 18.4 Å². The van der Waals surface area contributed by atoms with E-state index in [2.05, 4.69) is 34.5 Å². The minimum atomic E-state index is -1.09. The molecule has 4 rings (SSSR count). The van der Waals surface area contributed by atoms with Crippen molar-refractivity contribution in [1.82, 2.24) is 30.5 Å². The molecule has 4 amide bonds. The Morgan fingerprint density at radius 3 is 2.23 bits per heavy atom. The molecule has 2 aromatic carbocycles. The van der Waals surface area contributed by atoms with Gasteiger partial charge in [-0.2, -0.15) is 0 Å². The van der Waals surface area contributed by atoms with Gasteiger partial charge in [0.15, 0.2) is 0 Å². The van der Waals surface area contributed by atoms with Crippen molar-refractivity contribution in [3.63, 3.8) is 0 Å². The molecule has 2 unspecified atom stereocenters. The Hall–Kier alpha value is -4.00. The van der Waals surface area contributed by atoms with E-state index in [0.29, 0.717) is 57.8 Å². The van der Waals surface area contributed by atoms with Crippen molar-refractivity contribution in [1.29, 1.82) is 0 Å². The highest BCUT2D eigenvalue weighted by atomic mass is 32.1. The first-order valence-electron chi connectivity index (χ1n) is 16.8. The van der Waals surface area contributed by atoms with E-state index in [-0.39, 0.29) is 18.4 Å². The lowest BCUT2D eigenvalue weighted by atomic mass is 9.95. The molecular weight excluding hydrogens is 629 g/mol. The summed E-state index contributed by atoms with van der Waals surface area (Å²) in [5, 5.41) is 16.8. The normalized spacial score (nSPS) is 14.7. The summed E-state index contributed by atoms with van der Waals surface area (Å²) in [5.74, 6) is 0.126. The van der Waals surface area contributed by atoms with Crippen molar-refractivity contribution >= 4 is 29.4 Å². The molecule has 0 radical (unpaired) electrons. The lowest BCUT2D eigenvalue weighted by Gasteiger charge is -2.35. The van der Waals surface area contributed by atoms with Crippen LogP contribution in [0.3, 0.4) is 0 Å². The summed E-state index contributed by atoms with van der Waals surface area (Å²) >= 11 is 1.58. The Balaban J connectivity index is 1.54. The van der Waals surface area contributed by atoms with E-state index < -0.39 is 18.2 Å². The van der Waals surface area contributed by atoms with Gasteiger partial charge < -0.3 is 20.1 Å². The minimum Gasteiger partial charge on any atom is -0.465 e. The van der Waals surface area contributed by atoms with Crippen LogP contribution >= 0.6 is 11.3 Å². The van der Waals surface area contributed by atoms with Crippen molar-refractivity contribution in [3.05, 3.63) is 87.9 Å². The average Bonchev–Trinajstić information content (AvgIpc) is 3.55. The van der Waals surface area contributed by atoms with Crippen LogP contribution in [0.2, 0.25) is 0 Å². The molecule has 3 N–H and O–H groups in total. The Labute approximate surface area is 288 Å². The lowest BCUT2D eigenvalue weighted by molar-refractivity contribution is -0.137. The first kappa shape index (κ1) is 36.8. The second kappa shape index (κ2) is 19.1. The second-order valence-corrected chi connectivity index (χ2v) is 13.6. The molecule has 1 aliphatic rings. The molecule has 0 aliphatic carbocycles. The molecule has 11 nitrogen and oxygen atoms in total. The Morgan fingerprint density at radius 1 is 0.979 bits per heavy atom. The summed E-state index contributed by atoms with van der Waals surface area (Å²) in [6.07, 6.45) is 1.76. The third-order valence-electron chi connectivity index (χ3n) is 8.44. The van der Waals surface area contributed by atoms with Crippen LogP contribution in [0.1, 0.15) is 67.3 Å². The number of hydrazine groups is 1. The minimum absolute atomic E-state index is 0.174. The van der Waals surface area contributed by atoms with Crippen LogP contribution < -0.4 is 10.7 Å². The van der Waals surface area contributed by atoms with Crippen LogP contribution in [0, 0.1) is 0 Å². The maximum atomic E-state index is 14.1. The fourth-order valence-electron chi connectivity index (χ4n) is 5.82. The van der Waals surface area contributed by atoms with Gasteiger partial charge in [-0.25, -0.2) is 25.0 Å². The number of hydrogen-bond acceptors (Lipinski definition) is 7. The fourth-order valence-corrected chi connectivity index (χ4v) is 6.65. The maximum Gasteiger partial charge on any atom is 0.404 e. The molecule has 260 valence electrons. The predicted octanol–water partition coefficient (Wildman–Crippen LogP) is 5.53. The molecule has 3 aromatic rings.